The third-order valence-corrected chi connectivity index (χ3v) is 5.83. The lowest BCUT2D eigenvalue weighted by Crippen LogP contribution is -2.40. The average molecular weight is 428 g/mol. The van der Waals surface area contributed by atoms with Crippen molar-refractivity contribution in [3.63, 3.8) is 0 Å². The van der Waals surface area contributed by atoms with E-state index in [0.29, 0.717) is 24.0 Å². The molecule has 2 aliphatic rings. The predicted molar refractivity (Wildman–Crippen MR) is 107 cm³/mol. The monoisotopic (exact) mass is 427 g/mol. The lowest BCUT2D eigenvalue weighted by molar-refractivity contribution is 0.205. The highest BCUT2D eigenvalue weighted by atomic mass is 35.5. The molecule has 2 aromatic rings. The van der Waals surface area contributed by atoms with Crippen molar-refractivity contribution in [2.24, 2.45) is 16.6 Å². The Kier molecular flexibility index (Phi) is 5.46. The molecule has 28 heavy (non-hydrogen) atoms. The number of alkyl halides is 1. The van der Waals surface area contributed by atoms with Crippen LogP contribution in [0.25, 0.3) is 0 Å². The summed E-state index contributed by atoms with van der Waals surface area (Å²) in [7, 11) is 0. The smallest absolute Gasteiger partial charge is 0.225 e. The minimum absolute atomic E-state index is 0. The SMILES string of the molecule is CC(C)(F)c1nc(N2C[C@H]3CSC(N)=NC3(c3cnccn3)C2)ncc1F.Cl. The van der Waals surface area contributed by atoms with Gasteiger partial charge < -0.3 is 10.6 Å². The molecule has 2 aromatic heterocycles. The second-order valence-electron chi connectivity index (χ2n) is 7.19. The van der Waals surface area contributed by atoms with Crippen LogP contribution in [-0.2, 0) is 11.2 Å². The fourth-order valence-corrected chi connectivity index (χ4v) is 4.56. The third-order valence-electron chi connectivity index (χ3n) is 4.87. The molecule has 0 radical (unpaired) electrons. The van der Waals surface area contributed by atoms with Gasteiger partial charge >= 0.3 is 0 Å². The van der Waals surface area contributed by atoms with E-state index < -0.39 is 17.0 Å². The number of halogens is 3. The Morgan fingerprint density at radius 2 is 2.07 bits per heavy atom. The maximum Gasteiger partial charge on any atom is 0.225 e. The van der Waals surface area contributed by atoms with Gasteiger partial charge in [-0.2, -0.15) is 0 Å². The molecule has 0 aromatic carbocycles. The molecule has 150 valence electrons. The van der Waals surface area contributed by atoms with Gasteiger partial charge in [-0.1, -0.05) is 11.8 Å². The van der Waals surface area contributed by atoms with Gasteiger partial charge in [-0.25, -0.2) is 23.7 Å². The first kappa shape index (κ1) is 20.7. The third kappa shape index (κ3) is 3.50. The quantitative estimate of drug-likeness (QED) is 0.803. The number of aromatic nitrogens is 4. The Bertz CT molecular complexity index is 893. The molecule has 0 amide bonds. The average Bonchev–Trinajstić information content (AvgIpc) is 3.02. The fourth-order valence-electron chi connectivity index (χ4n) is 3.58. The van der Waals surface area contributed by atoms with E-state index in [-0.39, 0.29) is 30.0 Å². The van der Waals surface area contributed by atoms with Crippen LogP contribution in [0, 0.1) is 11.7 Å². The molecule has 0 spiro atoms. The summed E-state index contributed by atoms with van der Waals surface area (Å²) in [6.45, 7) is 3.54. The summed E-state index contributed by atoms with van der Waals surface area (Å²) in [5.74, 6) is 0.366. The minimum Gasteiger partial charge on any atom is -0.379 e. The highest BCUT2D eigenvalue weighted by Gasteiger charge is 2.52. The van der Waals surface area contributed by atoms with Crippen LogP contribution in [0.5, 0.6) is 0 Å². The van der Waals surface area contributed by atoms with E-state index in [1.165, 1.54) is 25.6 Å². The Balaban J connectivity index is 0.00000225. The molecular formula is C17H20ClF2N7S. The summed E-state index contributed by atoms with van der Waals surface area (Å²) >= 11 is 1.49. The summed E-state index contributed by atoms with van der Waals surface area (Å²) < 4.78 is 28.3. The molecule has 4 rings (SSSR count). The van der Waals surface area contributed by atoms with E-state index in [4.69, 9.17) is 10.7 Å². The fraction of sp³-hybridized carbons (Fsp3) is 0.471. The molecule has 11 heteroatoms. The number of nitrogens with zero attached hydrogens (tertiary/aromatic N) is 6. The predicted octanol–water partition coefficient (Wildman–Crippen LogP) is 2.43. The van der Waals surface area contributed by atoms with Gasteiger partial charge in [0.05, 0.1) is 24.6 Å². The van der Waals surface area contributed by atoms with E-state index in [9.17, 15) is 8.78 Å². The van der Waals surface area contributed by atoms with Gasteiger partial charge in [-0.05, 0) is 13.8 Å². The summed E-state index contributed by atoms with van der Waals surface area (Å²) in [6.07, 6.45) is 5.92. The first-order valence-electron chi connectivity index (χ1n) is 8.51. The Morgan fingerprint density at radius 3 is 2.75 bits per heavy atom. The molecule has 4 heterocycles. The second-order valence-corrected chi connectivity index (χ2v) is 8.23. The Hall–Kier alpha value is -2.07. The molecule has 2 N–H and O–H groups in total. The zero-order valence-corrected chi connectivity index (χ0v) is 17.0. The maximum atomic E-state index is 14.3. The maximum absolute atomic E-state index is 14.3. The van der Waals surface area contributed by atoms with Gasteiger partial charge in [0.15, 0.2) is 11.0 Å². The molecule has 1 saturated heterocycles. The van der Waals surface area contributed by atoms with Gasteiger partial charge in [-0.15, -0.1) is 12.4 Å². The van der Waals surface area contributed by atoms with Gasteiger partial charge in [0.2, 0.25) is 5.95 Å². The number of hydrogen-bond acceptors (Lipinski definition) is 8. The van der Waals surface area contributed by atoms with Crippen molar-refractivity contribution < 1.29 is 8.78 Å². The number of aliphatic imine (C=N–C) groups is 1. The Morgan fingerprint density at radius 1 is 1.29 bits per heavy atom. The molecule has 2 aliphatic heterocycles. The van der Waals surface area contributed by atoms with Crippen LogP contribution in [-0.4, -0.2) is 43.9 Å². The van der Waals surface area contributed by atoms with Gasteiger partial charge in [0, 0.05) is 30.6 Å². The van der Waals surface area contributed by atoms with Crippen molar-refractivity contribution in [3.05, 3.63) is 42.0 Å². The van der Waals surface area contributed by atoms with Crippen LogP contribution >= 0.6 is 24.2 Å². The normalized spacial score (nSPS) is 24.4. The number of amidine groups is 1. The molecule has 0 bridgehead atoms. The van der Waals surface area contributed by atoms with E-state index in [1.54, 1.807) is 18.6 Å². The van der Waals surface area contributed by atoms with E-state index in [0.717, 1.165) is 11.9 Å². The van der Waals surface area contributed by atoms with Crippen molar-refractivity contribution in [2.45, 2.75) is 25.1 Å². The van der Waals surface area contributed by atoms with Crippen molar-refractivity contribution in [1.29, 1.82) is 0 Å². The van der Waals surface area contributed by atoms with Crippen LogP contribution in [0.15, 0.2) is 29.8 Å². The molecule has 2 atom stereocenters. The zero-order chi connectivity index (χ0) is 19.2. The number of rotatable bonds is 3. The number of nitrogens with two attached hydrogens (primary N) is 1. The van der Waals surface area contributed by atoms with E-state index in [1.807, 2.05) is 4.90 Å². The van der Waals surface area contributed by atoms with Crippen molar-refractivity contribution >= 4 is 35.3 Å². The van der Waals surface area contributed by atoms with Gasteiger partial charge in [0.25, 0.3) is 0 Å². The van der Waals surface area contributed by atoms with Crippen molar-refractivity contribution in [1.82, 2.24) is 19.9 Å². The number of hydrogen-bond donors (Lipinski definition) is 1. The van der Waals surface area contributed by atoms with Crippen LogP contribution in [0.4, 0.5) is 14.7 Å². The van der Waals surface area contributed by atoms with Crippen LogP contribution in [0.3, 0.4) is 0 Å². The van der Waals surface area contributed by atoms with E-state index >= 15 is 0 Å². The largest absolute Gasteiger partial charge is 0.379 e. The molecule has 7 nitrogen and oxygen atoms in total. The van der Waals surface area contributed by atoms with Crippen molar-refractivity contribution in [3.8, 4) is 0 Å². The van der Waals surface area contributed by atoms with Crippen LogP contribution in [0.1, 0.15) is 25.2 Å². The number of anilines is 1. The van der Waals surface area contributed by atoms with Crippen LogP contribution < -0.4 is 10.6 Å². The van der Waals surface area contributed by atoms with Crippen molar-refractivity contribution in [2.75, 3.05) is 23.7 Å². The van der Waals surface area contributed by atoms with Crippen LogP contribution in [0.2, 0.25) is 0 Å². The Labute approximate surface area is 171 Å². The van der Waals surface area contributed by atoms with Gasteiger partial charge in [0.1, 0.15) is 16.9 Å². The summed E-state index contributed by atoms with van der Waals surface area (Å²) in [6, 6.07) is 0. The highest BCUT2D eigenvalue weighted by Crippen LogP contribution is 2.45. The minimum atomic E-state index is -1.91. The molecular weight excluding hydrogens is 408 g/mol. The second kappa shape index (κ2) is 7.40. The number of fused-ring (bicyclic) bond motifs is 1. The standard InChI is InChI=1S/C17H19F2N7S.ClH/c1-16(2,19)13-11(18)5-23-15(24-13)26-7-10-8-27-14(20)25-17(10,9-26)12-6-21-3-4-22-12;/h3-6,10H,7-9H2,1-2H3,(H2,20,25);1H/t10-,17?;/m0./s1. The molecule has 1 fully saturated rings. The lowest BCUT2D eigenvalue weighted by Gasteiger charge is -2.33. The number of thioether (sulfide) groups is 1. The lowest BCUT2D eigenvalue weighted by atomic mass is 9.86. The first-order chi connectivity index (χ1) is 12.8. The first-order valence-corrected chi connectivity index (χ1v) is 9.49. The summed E-state index contributed by atoms with van der Waals surface area (Å²) in [5, 5.41) is 0.490. The summed E-state index contributed by atoms with van der Waals surface area (Å²) in [5.41, 5.74) is 3.89. The zero-order valence-electron chi connectivity index (χ0n) is 15.3. The molecule has 1 unspecified atom stereocenters. The van der Waals surface area contributed by atoms with E-state index in [2.05, 4.69) is 19.9 Å². The summed E-state index contributed by atoms with van der Waals surface area (Å²) in [4.78, 5) is 23.5. The van der Waals surface area contributed by atoms with Gasteiger partial charge in [-0.3, -0.25) is 9.97 Å². The molecule has 0 saturated carbocycles. The molecule has 0 aliphatic carbocycles. The topological polar surface area (TPSA) is 93.2 Å². The highest BCUT2D eigenvalue weighted by molar-refractivity contribution is 8.13.